The maximum absolute atomic E-state index is 12.6. The van der Waals surface area contributed by atoms with E-state index in [1.165, 1.54) is 0 Å². The van der Waals surface area contributed by atoms with E-state index < -0.39 is 0 Å². The van der Waals surface area contributed by atoms with Crippen molar-refractivity contribution in [3.8, 4) is 11.5 Å². The highest BCUT2D eigenvalue weighted by Crippen LogP contribution is 2.27. The maximum Gasteiger partial charge on any atom is 0.227 e. The van der Waals surface area contributed by atoms with Crippen molar-refractivity contribution < 1.29 is 19.1 Å². The fourth-order valence-corrected chi connectivity index (χ4v) is 3.81. The van der Waals surface area contributed by atoms with Gasteiger partial charge in [-0.25, -0.2) is 0 Å². The molecular formula is C24H30N2O4. The van der Waals surface area contributed by atoms with Gasteiger partial charge >= 0.3 is 0 Å². The summed E-state index contributed by atoms with van der Waals surface area (Å²) < 4.78 is 10.6. The van der Waals surface area contributed by atoms with E-state index in [-0.39, 0.29) is 17.7 Å². The second kappa shape index (κ2) is 10.7. The number of carbonyl (C=O) groups excluding carboxylic acids is 2. The van der Waals surface area contributed by atoms with Crippen molar-refractivity contribution in [1.82, 2.24) is 10.2 Å². The Kier molecular flexibility index (Phi) is 7.71. The number of likely N-dealkylation sites (tertiary alicyclic amines) is 1. The third-order valence-corrected chi connectivity index (χ3v) is 5.50. The molecule has 0 saturated carbocycles. The van der Waals surface area contributed by atoms with Gasteiger partial charge in [-0.3, -0.25) is 9.59 Å². The van der Waals surface area contributed by atoms with E-state index >= 15 is 0 Å². The van der Waals surface area contributed by atoms with Gasteiger partial charge in [0.1, 0.15) is 0 Å². The minimum atomic E-state index is -0.149. The summed E-state index contributed by atoms with van der Waals surface area (Å²) in [4.78, 5) is 27.1. The van der Waals surface area contributed by atoms with Crippen LogP contribution in [0.15, 0.2) is 48.5 Å². The van der Waals surface area contributed by atoms with Crippen LogP contribution >= 0.6 is 0 Å². The number of nitrogens with one attached hydrogen (secondary N) is 1. The third kappa shape index (κ3) is 5.75. The average molecular weight is 411 g/mol. The summed E-state index contributed by atoms with van der Waals surface area (Å²) >= 11 is 0. The van der Waals surface area contributed by atoms with Gasteiger partial charge in [0.25, 0.3) is 0 Å². The second-order valence-corrected chi connectivity index (χ2v) is 7.57. The van der Waals surface area contributed by atoms with Crippen molar-refractivity contribution in [3.05, 3.63) is 59.7 Å². The number of hydrogen-bond donors (Lipinski definition) is 1. The Bertz CT molecular complexity index is 854. The highest BCUT2D eigenvalue weighted by molar-refractivity contribution is 5.82. The molecule has 1 aliphatic heterocycles. The molecule has 160 valence electrons. The SMILES string of the molecule is COc1ccc(CCNC(=O)C2CCCN(C(=O)Cc3ccccc3)C2)cc1OC. The van der Waals surface area contributed by atoms with Crippen molar-refractivity contribution in [3.63, 3.8) is 0 Å². The molecule has 2 aromatic carbocycles. The van der Waals surface area contributed by atoms with Crippen LogP contribution in [0.2, 0.25) is 0 Å². The van der Waals surface area contributed by atoms with Gasteiger partial charge in [-0.2, -0.15) is 0 Å². The molecule has 3 rings (SSSR count). The zero-order valence-electron chi connectivity index (χ0n) is 17.7. The van der Waals surface area contributed by atoms with Crippen molar-refractivity contribution in [1.29, 1.82) is 0 Å². The van der Waals surface area contributed by atoms with E-state index in [1.54, 1.807) is 14.2 Å². The molecule has 1 aliphatic rings. The van der Waals surface area contributed by atoms with Gasteiger partial charge < -0.3 is 19.7 Å². The van der Waals surface area contributed by atoms with E-state index in [4.69, 9.17) is 9.47 Å². The Hall–Kier alpha value is -3.02. The highest BCUT2D eigenvalue weighted by atomic mass is 16.5. The Morgan fingerprint density at radius 2 is 1.80 bits per heavy atom. The summed E-state index contributed by atoms with van der Waals surface area (Å²) in [6.45, 7) is 1.76. The first-order chi connectivity index (χ1) is 14.6. The first-order valence-corrected chi connectivity index (χ1v) is 10.4. The summed E-state index contributed by atoms with van der Waals surface area (Å²) in [7, 11) is 3.22. The largest absolute Gasteiger partial charge is 0.493 e. The Balaban J connectivity index is 1.47. The molecule has 6 nitrogen and oxygen atoms in total. The van der Waals surface area contributed by atoms with Crippen molar-refractivity contribution in [2.75, 3.05) is 33.9 Å². The normalized spacial score (nSPS) is 16.1. The van der Waals surface area contributed by atoms with E-state index in [1.807, 2.05) is 53.4 Å². The minimum absolute atomic E-state index is 0.0210. The molecule has 30 heavy (non-hydrogen) atoms. The summed E-state index contributed by atoms with van der Waals surface area (Å²) in [5, 5.41) is 3.03. The highest BCUT2D eigenvalue weighted by Gasteiger charge is 2.28. The molecule has 0 bridgehead atoms. The smallest absolute Gasteiger partial charge is 0.227 e. The Morgan fingerprint density at radius 3 is 2.53 bits per heavy atom. The molecule has 0 radical (unpaired) electrons. The van der Waals surface area contributed by atoms with Crippen LogP contribution in [0, 0.1) is 5.92 Å². The van der Waals surface area contributed by atoms with Crippen LogP contribution in [-0.2, 0) is 22.4 Å². The fourth-order valence-electron chi connectivity index (χ4n) is 3.81. The number of amides is 2. The number of rotatable bonds is 8. The number of ether oxygens (including phenoxy) is 2. The van der Waals surface area contributed by atoms with Gasteiger partial charge in [-0.15, -0.1) is 0 Å². The molecular weight excluding hydrogens is 380 g/mol. The van der Waals surface area contributed by atoms with Crippen LogP contribution in [0.1, 0.15) is 24.0 Å². The third-order valence-electron chi connectivity index (χ3n) is 5.50. The number of benzene rings is 2. The number of carbonyl (C=O) groups is 2. The van der Waals surface area contributed by atoms with Gasteiger partial charge in [-0.05, 0) is 42.5 Å². The molecule has 1 atom stereocenters. The number of hydrogen-bond acceptors (Lipinski definition) is 4. The van der Waals surface area contributed by atoms with Gasteiger partial charge in [0.15, 0.2) is 11.5 Å². The molecule has 1 N–H and O–H groups in total. The van der Waals surface area contributed by atoms with Crippen molar-refractivity contribution >= 4 is 11.8 Å². The first kappa shape index (κ1) is 21.7. The molecule has 0 aromatic heterocycles. The lowest BCUT2D eigenvalue weighted by molar-refractivity contribution is -0.135. The van der Waals surface area contributed by atoms with Crippen LogP contribution in [0.5, 0.6) is 11.5 Å². The monoisotopic (exact) mass is 410 g/mol. The Labute approximate surface area is 178 Å². The zero-order chi connectivity index (χ0) is 21.3. The summed E-state index contributed by atoms with van der Waals surface area (Å²) in [5.41, 5.74) is 2.07. The van der Waals surface area contributed by atoms with E-state index in [0.717, 1.165) is 30.5 Å². The van der Waals surface area contributed by atoms with Crippen LogP contribution in [0.4, 0.5) is 0 Å². The lowest BCUT2D eigenvalue weighted by Crippen LogP contribution is -2.46. The van der Waals surface area contributed by atoms with Gasteiger partial charge in [0.2, 0.25) is 11.8 Å². The molecule has 2 amide bonds. The predicted molar refractivity (Wildman–Crippen MR) is 116 cm³/mol. The molecule has 1 unspecified atom stereocenters. The van der Waals surface area contributed by atoms with Crippen LogP contribution < -0.4 is 14.8 Å². The molecule has 6 heteroatoms. The molecule has 0 spiro atoms. The zero-order valence-corrected chi connectivity index (χ0v) is 17.7. The molecule has 1 saturated heterocycles. The van der Waals surface area contributed by atoms with E-state index in [2.05, 4.69) is 5.32 Å². The van der Waals surface area contributed by atoms with E-state index in [0.29, 0.717) is 37.4 Å². The van der Waals surface area contributed by atoms with Crippen molar-refractivity contribution in [2.24, 2.45) is 5.92 Å². The average Bonchev–Trinajstić information content (AvgIpc) is 2.79. The van der Waals surface area contributed by atoms with Gasteiger partial charge in [0.05, 0.1) is 26.6 Å². The maximum atomic E-state index is 12.6. The Morgan fingerprint density at radius 1 is 1.03 bits per heavy atom. The van der Waals surface area contributed by atoms with Crippen LogP contribution in [0.25, 0.3) is 0 Å². The van der Waals surface area contributed by atoms with Crippen LogP contribution in [0.3, 0.4) is 0 Å². The topological polar surface area (TPSA) is 67.9 Å². The summed E-state index contributed by atoms with van der Waals surface area (Å²) in [5.74, 6) is 1.33. The molecule has 1 heterocycles. The first-order valence-electron chi connectivity index (χ1n) is 10.4. The number of piperidine rings is 1. The molecule has 2 aromatic rings. The summed E-state index contributed by atoms with van der Waals surface area (Å²) in [6.07, 6.45) is 2.76. The summed E-state index contributed by atoms with van der Waals surface area (Å²) in [6, 6.07) is 15.5. The lowest BCUT2D eigenvalue weighted by Gasteiger charge is -2.32. The van der Waals surface area contributed by atoms with Gasteiger partial charge in [0, 0.05) is 19.6 Å². The molecule has 0 aliphatic carbocycles. The standard InChI is InChI=1S/C24H30N2O4/c1-29-21-11-10-19(15-22(21)30-2)12-13-25-24(28)20-9-6-14-26(17-20)23(27)16-18-7-4-3-5-8-18/h3-5,7-8,10-11,15,20H,6,9,12-14,16-17H2,1-2H3,(H,25,28). The quantitative estimate of drug-likeness (QED) is 0.727. The van der Waals surface area contributed by atoms with E-state index in [9.17, 15) is 9.59 Å². The fraction of sp³-hybridized carbons (Fsp3) is 0.417. The van der Waals surface area contributed by atoms with Gasteiger partial charge in [-0.1, -0.05) is 36.4 Å². The van der Waals surface area contributed by atoms with Crippen molar-refractivity contribution in [2.45, 2.75) is 25.7 Å². The minimum Gasteiger partial charge on any atom is -0.493 e. The number of nitrogens with zero attached hydrogens (tertiary/aromatic N) is 1. The lowest BCUT2D eigenvalue weighted by atomic mass is 9.96. The number of methoxy groups -OCH3 is 2. The predicted octanol–water partition coefficient (Wildman–Crippen LogP) is 2.84. The molecule has 1 fully saturated rings. The second-order valence-electron chi connectivity index (χ2n) is 7.57. The van der Waals surface area contributed by atoms with Crippen LogP contribution in [-0.4, -0.2) is 50.6 Å².